The van der Waals surface area contributed by atoms with Gasteiger partial charge in [0.05, 0.1) is 17.5 Å². The van der Waals surface area contributed by atoms with Gasteiger partial charge in [0.15, 0.2) is 11.5 Å². The lowest BCUT2D eigenvalue weighted by atomic mass is 10.1. The molecule has 1 aliphatic rings. The van der Waals surface area contributed by atoms with Gasteiger partial charge in [-0.1, -0.05) is 11.6 Å². The first-order valence-electron chi connectivity index (χ1n) is 7.07. The summed E-state index contributed by atoms with van der Waals surface area (Å²) in [4.78, 5) is 24.2. The van der Waals surface area contributed by atoms with E-state index in [-0.39, 0.29) is 29.6 Å². The molecule has 0 aliphatic carbocycles. The second kappa shape index (κ2) is 6.87. The highest BCUT2D eigenvalue weighted by Crippen LogP contribution is 2.35. The second-order valence-corrected chi connectivity index (χ2v) is 5.59. The van der Waals surface area contributed by atoms with Crippen LogP contribution in [0.15, 0.2) is 12.1 Å². The zero-order chi connectivity index (χ0) is 16.3. The fourth-order valence-electron chi connectivity index (χ4n) is 2.45. The first-order valence-corrected chi connectivity index (χ1v) is 7.45. The van der Waals surface area contributed by atoms with Crippen LogP contribution in [0, 0.1) is 5.92 Å². The van der Waals surface area contributed by atoms with E-state index in [2.05, 4.69) is 0 Å². The van der Waals surface area contributed by atoms with Crippen molar-refractivity contribution in [1.29, 1.82) is 0 Å². The number of amides is 1. The van der Waals surface area contributed by atoms with E-state index in [1.165, 1.54) is 0 Å². The van der Waals surface area contributed by atoms with E-state index in [9.17, 15) is 14.7 Å². The van der Waals surface area contributed by atoms with Gasteiger partial charge >= 0.3 is 5.97 Å². The predicted molar refractivity (Wildman–Crippen MR) is 80.3 cm³/mol. The van der Waals surface area contributed by atoms with Crippen molar-refractivity contribution >= 4 is 23.5 Å². The molecule has 1 aromatic rings. The molecule has 1 atom stereocenters. The van der Waals surface area contributed by atoms with E-state index in [1.807, 2.05) is 0 Å². The lowest BCUT2D eigenvalue weighted by Crippen LogP contribution is -2.28. The minimum atomic E-state index is -0.942. The van der Waals surface area contributed by atoms with Crippen molar-refractivity contribution < 1.29 is 24.5 Å². The summed E-state index contributed by atoms with van der Waals surface area (Å²) in [6.07, 6.45) is 0.564. The van der Waals surface area contributed by atoms with Gasteiger partial charge in [-0.25, -0.2) is 0 Å². The van der Waals surface area contributed by atoms with Crippen LogP contribution >= 0.6 is 11.6 Å². The number of phenolic OH excluding ortho intramolecular Hbond substituents is 1. The van der Waals surface area contributed by atoms with E-state index < -0.39 is 11.9 Å². The van der Waals surface area contributed by atoms with E-state index in [0.29, 0.717) is 25.3 Å². The van der Waals surface area contributed by atoms with Crippen molar-refractivity contribution in [2.45, 2.75) is 19.8 Å². The van der Waals surface area contributed by atoms with Gasteiger partial charge in [0.1, 0.15) is 0 Å². The number of hydrogen-bond acceptors (Lipinski definition) is 4. The zero-order valence-corrected chi connectivity index (χ0v) is 13.0. The van der Waals surface area contributed by atoms with E-state index in [4.69, 9.17) is 21.4 Å². The van der Waals surface area contributed by atoms with Gasteiger partial charge in [0, 0.05) is 19.5 Å². The molecule has 1 fully saturated rings. The summed E-state index contributed by atoms with van der Waals surface area (Å²) in [5, 5.41) is 18.9. The summed E-state index contributed by atoms with van der Waals surface area (Å²) < 4.78 is 5.31. The Bertz CT molecular complexity index is 590. The number of benzene rings is 1. The maximum atomic E-state index is 11.8. The number of aromatic hydroxyl groups is 1. The highest BCUT2D eigenvalue weighted by atomic mass is 35.5. The third kappa shape index (κ3) is 3.62. The molecule has 2 rings (SSSR count). The van der Waals surface area contributed by atoms with Crippen molar-refractivity contribution in [3.05, 3.63) is 22.7 Å². The van der Waals surface area contributed by atoms with Crippen LogP contribution in [0.25, 0.3) is 0 Å². The molecular formula is C15H18ClNO5. The fourth-order valence-corrected chi connectivity index (χ4v) is 2.69. The quantitative estimate of drug-likeness (QED) is 0.833. The van der Waals surface area contributed by atoms with Crippen LogP contribution in [0.2, 0.25) is 5.02 Å². The first kappa shape index (κ1) is 16.4. The van der Waals surface area contributed by atoms with E-state index in [1.54, 1.807) is 24.0 Å². The maximum absolute atomic E-state index is 11.8. The molecule has 22 heavy (non-hydrogen) atoms. The number of ether oxygens (including phenoxy) is 1. The molecular weight excluding hydrogens is 310 g/mol. The standard InChI is InChI=1S/C15H18ClNO5/c1-2-22-12-6-9(5-11(16)14(12)19)3-4-17-8-10(15(20)21)7-13(17)18/h5-6,10,19H,2-4,7-8H2,1H3,(H,20,21). The molecule has 1 heterocycles. The van der Waals surface area contributed by atoms with E-state index >= 15 is 0 Å². The van der Waals surface area contributed by atoms with Gasteiger partial charge in [0.25, 0.3) is 0 Å². The predicted octanol–water partition coefficient (Wildman–Crippen LogP) is 1.92. The summed E-state index contributed by atoms with van der Waals surface area (Å²) in [6, 6.07) is 3.30. The lowest BCUT2D eigenvalue weighted by Gasteiger charge is -2.16. The van der Waals surface area contributed by atoms with Crippen LogP contribution in [-0.4, -0.2) is 46.7 Å². The number of carbonyl (C=O) groups is 2. The molecule has 2 N–H and O–H groups in total. The summed E-state index contributed by atoms with van der Waals surface area (Å²) in [6.45, 7) is 2.85. The molecule has 1 unspecified atom stereocenters. The molecule has 1 aromatic carbocycles. The minimum absolute atomic E-state index is 0.0515. The number of aliphatic carboxylic acids is 1. The minimum Gasteiger partial charge on any atom is -0.503 e. The van der Waals surface area contributed by atoms with Crippen LogP contribution in [0.5, 0.6) is 11.5 Å². The first-order chi connectivity index (χ1) is 10.4. The number of carbonyl (C=O) groups excluding carboxylic acids is 1. The molecule has 0 radical (unpaired) electrons. The highest BCUT2D eigenvalue weighted by Gasteiger charge is 2.33. The second-order valence-electron chi connectivity index (χ2n) is 5.19. The molecule has 1 aliphatic heterocycles. The Labute approximate surface area is 133 Å². The van der Waals surface area contributed by atoms with Crippen LogP contribution in [-0.2, 0) is 16.0 Å². The normalized spacial score (nSPS) is 17.8. The van der Waals surface area contributed by atoms with Crippen LogP contribution in [0.1, 0.15) is 18.9 Å². The lowest BCUT2D eigenvalue weighted by molar-refractivity contribution is -0.141. The molecule has 7 heteroatoms. The van der Waals surface area contributed by atoms with Gasteiger partial charge in [-0.3, -0.25) is 9.59 Å². The van der Waals surface area contributed by atoms with Crippen molar-refractivity contribution in [1.82, 2.24) is 4.90 Å². The molecule has 0 aromatic heterocycles. The zero-order valence-electron chi connectivity index (χ0n) is 12.2. The Kier molecular flexibility index (Phi) is 5.13. The van der Waals surface area contributed by atoms with Crippen LogP contribution in [0.4, 0.5) is 0 Å². The van der Waals surface area contributed by atoms with Gasteiger partial charge in [-0.15, -0.1) is 0 Å². The van der Waals surface area contributed by atoms with Gasteiger partial charge in [-0.2, -0.15) is 0 Å². The SMILES string of the molecule is CCOc1cc(CCN2CC(C(=O)O)CC2=O)cc(Cl)c1O. The average Bonchev–Trinajstić information content (AvgIpc) is 2.83. The largest absolute Gasteiger partial charge is 0.503 e. The summed E-state index contributed by atoms with van der Waals surface area (Å²) in [5.74, 6) is -1.52. The summed E-state index contributed by atoms with van der Waals surface area (Å²) in [7, 11) is 0. The smallest absolute Gasteiger partial charge is 0.308 e. The van der Waals surface area contributed by atoms with Crippen LogP contribution < -0.4 is 4.74 Å². The van der Waals surface area contributed by atoms with E-state index in [0.717, 1.165) is 5.56 Å². The Morgan fingerprint density at radius 3 is 2.82 bits per heavy atom. The summed E-state index contributed by atoms with van der Waals surface area (Å²) in [5.41, 5.74) is 0.817. The number of rotatable bonds is 6. The van der Waals surface area contributed by atoms with Crippen molar-refractivity contribution in [3.8, 4) is 11.5 Å². The summed E-state index contributed by atoms with van der Waals surface area (Å²) >= 11 is 5.96. The number of halogens is 1. The number of hydrogen-bond donors (Lipinski definition) is 2. The van der Waals surface area contributed by atoms with Gasteiger partial charge in [-0.05, 0) is 31.0 Å². The molecule has 1 saturated heterocycles. The Morgan fingerprint density at radius 2 is 2.23 bits per heavy atom. The maximum Gasteiger partial charge on any atom is 0.308 e. The number of nitrogens with zero attached hydrogens (tertiary/aromatic N) is 1. The highest BCUT2D eigenvalue weighted by molar-refractivity contribution is 6.32. The Balaban J connectivity index is 2.03. The molecule has 6 nitrogen and oxygen atoms in total. The molecule has 0 bridgehead atoms. The van der Waals surface area contributed by atoms with Crippen molar-refractivity contribution in [2.75, 3.05) is 19.7 Å². The molecule has 1 amide bonds. The van der Waals surface area contributed by atoms with Gasteiger partial charge < -0.3 is 19.8 Å². The third-order valence-electron chi connectivity index (χ3n) is 3.62. The number of phenols is 1. The monoisotopic (exact) mass is 327 g/mol. The Morgan fingerprint density at radius 1 is 1.50 bits per heavy atom. The Hall–Kier alpha value is -1.95. The molecule has 0 saturated carbocycles. The number of likely N-dealkylation sites (tertiary alicyclic amines) is 1. The fraction of sp³-hybridized carbons (Fsp3) is 0.467. The third-order valence-corrected chi connectivity index (χ3v) is 3.91. The topological polar surface area (TPSA) is 87.1 Å². The molecule has 0 spiro atoms. The van der Waals surface area contributed by atoms with Crippen LogP contribution in [0.3, 0.4) is 0 Å². The van der Waals surface area contributed by atoms with Crippen molar-refractivity contribution in [3.63, 3.8) is 0 Å². The molecule has 120 valence electrons. The average molecular weight is 328 g/mol. The van der Waals surface area contributed by atoms with Crippen molar-refractivity contribution in [2.24, 2.45) is 5.92 Å². The van der Waals surface area contributed by atoms with Gasteiger partial charge in [0.2, 0.25) is 5.91 Å². The number of carboxylic acids is 1. The number of carboxylic acid groups (broad SMARTS) is 1.